The summed E-state index contributed by atoms with van der Waals surface area (Å²) in [6.07, 6.45) is 0. The zero-order valence-corrected chi connectivity index (χ0v) is 10.9. The molecule has 0 unspecified atom stereocenters. The molecule has 2 aromatic rings. The molecular formula is C11H14ClN3S. The molecule has 0 aliphatic rings. The fraction of sp³-hybridized carbons (Fsp3) is 0.364. The van der Waals surface area contributed by atoms with E-state index in [1.165, 1.54) is 5.56 Å². The Morgan fingerprint density at radius 1 is 1.50 bits per heavy atom. The molecular weight excluding hydrogens is 242 g/mol. The van der Waals surface area contributed by atoms with E-state index in [1.807, 2.05) is 14.0 Å². The average Bonchev–Trinajstić information content (AvgIpc) is 2.82. The van der Waals surface area contributed by atoms with Crippen LogP contribution in [0.4, 0.5) is 0 Å². The van der Waals surface area contributed by atoms with Crippen LogP contribution in [0, 0.1) is 6.92 Å². The summed E-state index contributed by atoms with van der Waals surface area (Å²) in [5.41, 5.74) is 3.38. The van der Waals surface area contributed by atoms with Crippen LogP contribution in [0.15, 0.2) is 16.8 Å². The summed E-state index contributed by atoms with van der Waals surface area (Å²) < 4.78 is 1.71. The molecule has 0 bridgehead atoms. The first kappa shape index (κ1) is 11.6. The fourth-order valence-electron chi connectivity index (χ4n) is 1.60. The minimum absolute atomic E-state index is 0.718. The highest BCUT2D eigenvalue weighted by atomic mass is 35.5. The van der Waals surface area contributed by atoms with E-state index < -0.39 is 0 Å². The van der Waals surface area contributed by atoms with Gasteiger partial charge in [0.25, 0.3) is 0 Å². The summed E-state index contributed by atoms with van der Waals surface area (Å²) >= 11 is 7.85. The first-order valence-electron chi connectivity index (χ1n) is 5.08. The van der Waals surface area contributed by atoms with Crippen LogP contribution in [0.25, 0.3) is 0 Å². The summed E-state index contributed by atoms with van der Waals surface area (Å²) in [6.45, 7) is 3.61. The molecule has 0 fully saturated rings. The SMILES string of the molecule is Cc1nn(C)c(Cl)c1CNCc1ccsc1. The van der Waals surface area contributed by atoms with Crippen molar-refractivity contribution in [2.45, 2.75) is 20.0 Å². The molecule has 0 atom stereocenters. The Morgan fingerprint density at radius 3 is 2.88 bits per heavy atom. The van der Waals surface area contributed by atoms with E-state index >= 15 is 0 Å². The predicted molar refractivity (Wildman–Crippen MR) is 67.8 cm³/mol. The highest BCUT2D eigenvalue weighted by molar-refractivity contribution is 7.07. The highest BCUT2D eigenvalue weighted by Gasteiger charge is 2.10. The molecule has 0 spiro atoms. The third kappa shape index (κ3) is 2.45. The maximum atomic E-state index is 6.14. The van der Waals surface area contributed by atoms with Crippen molar-refractivity contribution in [3.05, 3.63) is 38.8 Å². The number of nitrogens with one attached hydrogen (secondary N) is 1. The summed E-state index contributed by atoms with van der Waals surface area (Å²) in [6, 6.07) is 2.12. The molecule has 0 amide bonds. The van der Waals surface area contributed by atoms with Crippen LogP contribution in [-0.2, 0) is 20.1 Å². The third-order valence-corrected chi connectivity index (χ3v) is 3.69. The lowest BCUT2D eigenvalue weighted by Crippen LogP contribution is -2.12. The summed E-state index contributed by atoms with van der Waals surface area (Å²) in [7, 11) is 1.86. The van der Waals surface area contributed by atoms with Gasteiger partial charge in [-0.3, -0.25) is 4.68 Å². The lowest BCUT2D eigenvalue weighted by molar-refractivity contribution is 0.692. The molecule has 2 heterocycles. The van der Waals surface area contributed by atoms with Crippen molar-refractivity contribution in [2.75, 3.05) is 0 Å². The van der Waals surface area contributed by atoms with E-state index in [0.29, 0.717) is 0 Å². The topological polar surface area (TPSA) is 29.9 Å². The number of halogens is 1. The Bertz CT molecular complexity index is 462. The Morgan fingerprint density at radius 2 is 2.31 bits per heavy atom. The van der Waals surface area contributed by atoms with E-state index in [9.17, 15) is 0 Å². The van der Waals surface area contributed by atoms with Gasteiger partial charge in [-0.2, -0.15) is 16.4 Å². The normalized spacial score (nSPS) is 10.9. The first-order valence-corrected chi connectivity index (χ1v) is 6.40. The number of rotatable bonds is 4. The second-order valence-electron chi connectivity index (χ2n) is 3.71. The van der Waals surface area contributed by atoms with Crippen LogP contribution in [0.2, 0.25) is 5.15 Å². The number of aryl methyl sites for hydroxylation is 2. The molecule has 16 heavy (non-hydrogen) atoms. The van der Waals surface area contributed by atoms with Crippen LogP contribution in [0.1, 0.15) is 16.8 Å². The van der Waals surface area contributed by atoms with Gasteiger partial charge < -0.3 is 5.32 Å². The van der Waals surface area contributed by atoms with Crippen LogP contribution in [-0.4, -0.2) is 9.78 Å². The molecule has 0 saturated heterocycles. The minimum Gasteiger partial charge on any atom is -0.308 e. The molecule has 0 saturated carbocycles. The van der Waals surface area contributed by atoms with Gasteiger partial charge in [0.2, 0.25) is 0 Å². The second-order valence-corrected chi connectivity index (χ2v) is 4.85. The first-order chi connectivity index (χ1) is 7.68. The summed E-state index contributed by atoms with van der Waals surface area (Å²) in [5.74, 6) is 0. The Balaban J connectivity index is 1.95. The Hall–Kier alpha value is -0.840. The van der Waals surface area contributed by atoms with Crippen molar-refractivity contribution < 1.29 is 0 Å². The maximum absolute atomic E-state index is 6.14. The van der Waals surface area contributed by atoms with Crippen LogP contribution in [0.3, 0.4) is 0 Å². The predicted octanol–water partition coefficient (Wildman–Crippen LogP) is 2.73. The quantitative estimate of drug-likeness (QED) is 0.911. The van der Waals surface area contributed by atoms with Crippen LogP contribution in [0.5, 0.6) is 0 Å². The standard InChI is InChI=1S/C11H14ClN3S/c1-8-10(11(12)15(2)14-8)6-13-5-9-3-4-16-7-9/h3-4,7,13H,5-6H2,1-2H3. The molecule has 2 rings (SSSR count). The van der Waals surface area contributed by atoms with Gasteiger partial charge in [0.15, 0.2) is 0 Å². The molecule has 2 aromatic heterocycles. The summed E-state index contributed by atoms with van der Waals surface area (Å²) in [4.78, 5) is 0. The number of nitrogens with zero attached hydrogens (tertiary/aromatic N) is 2. The molecule has 0 radical (unpaired) electrons. The summed E-state index contributed by atoms with van der Waals surface area (Å²) in [5, 5.41) is 12.6. The Labute approximate surface area is 104 Å². The van der Waals surface area contributed by atoms with Crippen LogP contribution < -0.4 is 5.32 Å². The van der Waals surface area contributed by atoms with Crippen molar-refractivity contribution in [3.8, 4) is 0 Å². The molecule has 86 valence electrons. The van der Waals surface area contributed by atoms with Crippen molar-refractivity contribution in [2.24, 2.45) is 7.05 Å². The number of hydrogen-bond acceptors (Lipinski definition) is 3. The Kier molecular flexibility index (Phi) is 3.63. The van der Waals surface area contributed by atoms with Gasteiger partial charge in [0.05, 0.1) is 5.69 Å². The highest BCUT2D eigenvalue weighted by Crippen LogP contribution is 2.18. The van der Waals surface area contributed by atoms with Crippen molar-refractivity contribution in [1.82, 2.24) is 15.1 Å². The largest absolute Gasteiger partial charge is 0.308 e. The van der Waals surface area contributed by atoms with Crippen molar-refractivity contribution in [1.29, 1.82) is 0 Å². The van der Waals surface area contributed by atoms with E-state index in [-0.39, 0.29) is 0 Å². The van der Waals surface area contributed by atoms with E-state index in [4.69, 9.17) is 11.6 Å². The van der Waals surface area contributed by atoms with Crippen molar-refractivity contribution >= 4 is 22.9 Å². The van der Waals surface area contributed by atoms with E-state index in [0.717, 1.165) is 29.5 Å². The lowest BCUT2D eigenvalue weighted by atomic mass is 10.2. The van der Waals surface area contributed by atoms with Gasteiger partial charge >= 0.3 is 0 Å². The van der Waals surface area contributed by atoms with Gasteiger partial charge in [0, 0.05) is 25.7 Å². The fourth-order valence-corrected chi connectivity index (χ4v) is 2.51. The third-order valence-electron chi connectivity index (χ3n) is 2.48. The molecule has 0 aliphatic heterocycles. The molecule has 3 nitrogen and oxygen atoms in total. The molecule has 0 aromatic carbocycles. The lowest BCUT2D eigenvalue weighted by Gasteiger charge is -2.03. The smallest absolute Gasteiger partial charge is 0.131 e. The molecule has 5 heteroatoms. The zero-order chi connectivity index (χ0) is 11.5. The average molecular weight is 256 g/mol. The molecule has 0 aliphatic carbocycles. The zero-order valence-electron chi connectivity index (χ0n) is 9.33. The van der Waals surface area contributed by atoms with E-state index in [2.05, 4.69) is 27.2 Å². The molecule has 1 N–H and O–H groups in total. The van der Waals surface area contributed by atoms with Gasteiger partial charge in [-0.05, 0) is 29.3 Å². The van der Waals surface area contributed by atoms with Gasteiger partial charge in [-0.25, -0.2) is 0 Å². The number of thiophene rings is 1. The van der Waals surface area contributed by atoms with Crippen molar-refractivity contribution in [3.63, 3.8) is 0 Å². The van der Waals surface area contributed by atoms with Gasteiger partial charge in [-0.1, -0.05) is 11.6 Å². The monoisotopic (exact) mass is 255 g/mol. The van der Waals surface area contributed by atoms with E-state index in [1.54, 1.807) is 16.0 Å². The number of hydrogen-bond donors (Lipinski definition) is 1. The van der Waals surface area contributed by atoms with Crippen LogP contribution >= 0.6 is 22.9 Å². The minimum atomic E-state index is 0.718. The number of aromatic nitrogens is 2. The van der Waals surface area contributed by atoms with Gasteiger partial charge in [0.1, 0.15) is 5.15 Å². The second kappa shape index (κ2) is 4.99. The van der Waals surface area contributed by atoms with Gasteiger partial charge in [-0.15, -0.1) is 0 Å². The maximum Gasteiger partial charge on any atom is 0.131 e.